The van der Waals surface area contributed by atoms with Gasteiger partial charge in [-0.25, -0.2) is 4.98 Å². The number of rotatable bonds is 4. The first-order valence-corrected chi connectivity index (χ1v) is 9.79. The lowest BCUT2D eigenvalue weighted by Crippen LogP contribution is -2.16. The average Bonchev–Trinajstić information content (AvgIpc) is 3.13. The molecule has 31 heavy (non-hydrogen) atoms. The molecule has 0 amide bonds. The number of hydrogen-bond donors (Lipinski definition) is 2. The number of aromatic amines is 1. The van der Waals surface area contributed by atoms with E-state index in [1.165, 1.54) is 6.07 Å². The topological polar surface area (TPSA) is 48.9 Å². The van der Waals surface area contributed by atoms with Crippen LogP contribution in [0.5, 0.6) is 0 Å². The summed E-state index contributed by atoms with van der Waals surface area (Å²) in [5, 5.41) is 10.5. The number of hydrogen-bond acceptors (Lipinski definition) is 2. The van der Waals surface area contributed by atoms with Crippen molar-refractivity contribution in [2.24, 2.45) is 0 Å². The van der Waals surface area contributed by atoms with Crippen molar-refractivity contribution in [3.8, 4) is 11.1 Å². The lowest BCUT2D eigenvalue weighted by Gasteiger charge is -2.21. The van der Waals surface area contributed by atoms with E-state index in [2.05, 4.69) is 9.97 Å². The number of aliphatic hydroxyl groups is 1. The number of fused-ring (bicyclic) bond motifs is 1. The Labute approximate surface area is 177 Å². The minimum atomic E-state index is -4.38. The Hall–Kier alpha value is -3.38. The summed E-state index contributed by atoms with van der Waals surface area (Å²) in [4.78, 5) is 7.69. The van der Waals surface area contributed by atoms with Crippen LogP contribution in [-0.2, 0) is 11.8 Å². The minimum absolute atomic E-state index is 0.440. The van der Waals surface area contributed by atoms with Crippen molar-refractivity contribution < 1.29 is 18.3 Å². The standard InChI is InChI=1S/C25H21F3N2O/c1-24(2,31)20-9-4-3-8-19(20)17-11-12-21-22(15-17)30-23(29-21)13-10-16-6-5-7-18(14-16)25(26,27)28/h3-15,31H,1-2H3,(H,29,30)/b13-10+. The molecular formula is C25H21F3N2O. The minimum Gasteiger partial charge on any atom is -0.386 e. The first kappa shape index (κ1) is 20.9. The highest BCUT2D eigenvalue weighted by Crippen LogP contribution is 2.33. The van der Waals surface area contributed by atoms with E-state index >= 15 is 0 Å². The highest BCUT2D eigenvalue weighted by atomic mass is 19.4. The van der Waals surface area contributed by atoms with Crippen molar-refractivity contribution in [2.75, 3.05) is 0 Å². The Bertz CT molecular complexity index is 1260. The normalized spacial score (nSPS) is 12.7. The lowest BCUT2D eigenvalue weighted by molar-refractivity contribution is -0.137. The second kappa shape index (κ2) is 7.71. The van der Waals surface area contributed by atoms with E-state index in [1.54, 1.807) is 32.1 Å². The zero-order valence-electron chi connectivity index (χ0n) is 17.0. The summed E-state index contributed by atoms with van der Waals surface area (Å²) in [6.45, 7) is 3.49. The Morgan fingerprint density at radius 3 is 2.42 bits per heavy atom. The molecule has 3 nitrogen and oxygen atoms in total. The van der Waals surface area contributed by atoms with Crippen LogP contribution in [0.3, 0.4) is 0 Å². The van der Waals surface area contributed by atoms with Crippen LogP contribution in [0.15, 0.2) is 66.7 Å². The maximum atomic E-state index is 12.9. The predicted molar refractivity (Wildman–Crippen MR) is 117 cm³/mol. The molecule has 0 aliphatic carbocycles. The van der Waals surface area contributed by atoms with Gasteiger partial charge in [0, 0.05) is 0 Å². The molecule has 4 aromatic rings. The Balaban J connectivity index is 1.66. The summed E-state index contributed by atoms with van der Waals surface area (Å²) >= 11 is 0. The van der Waals surface area contributed by atoms with Crippen LogP contribution in [0.2, 0.25) is 0 Å². The molecule has 1 aromatic heterocycles. The van der Waals surface area contributed by atoms with Gasteiger partial charge in [0.15, 0.2) is 0 Å². The molecule has 4 rings (SSSR count). The van der Waals surface area contributed by atoms with Crippen LogP contribution in [0.1, 0.15) is 36.4 Å². The monoisotopic (exact) mass is 422 g/mol. The SMILES string of the molecule is CC(C)(O)c1ccccc1-c1ccc2nc(/C=C/c3cccc(C(F)(F)F)c3)[nH]c2c1. The highest BCUT2D eigenvalue weighted by Gasteiger charge is 2.30. The van der Waals surface area contributed by atoms with Gasteiger partial charge in [-0.3, -0.25) is 0 Å². The molecule has 0 unspecified atom stereocenters. The number of alkyl halides is 3. The molecule has 0 saturated carbocycles. The van der Waals surface area contributed by atoms with E-state index in [9.17, 15) is 18.3 Å². The third-order valence-corrected chi connectivity index (χ3v) is 5.04. The fraction of sp³-hybridized carbons (Fsp3) is 0.160. The van der Waals surface area contributed by atoms with Gasteiger partial charge >= 0.3 is 6.18 Å². The van der Waals surface area contributed by atoms with Gasteiger partial charge in [-0.05, 0) is 66.4 Å². The molecule has 0 aliphatic rings. The fourth-order valence-electron chi connectivity index (χ4n) is 3.54. The smallest absolute Gasteiger partial charge is 0.386 e. The lowest BCUT2D eigenvalue weighted by atomic mass is 9.89. The van der Waals surface area contributed by atoms with E-state index in [4.69, 9.17) is 0 Å². The second-order valence-electron chi connectivity index (χ2n) is 7.92. The van der Waals surface area contributed by atoms with Gasteiger partial charge < -0.3 is 10.1 Å². The molecule has 0 aliphatic heterocycles. The number of H-pyrrole nitrogens is 1. The maximum Gasteiger partial charge on any atom is 0.416 e. The van der Waals surface area contributed by atoms with Gasteiger partial charge in [-0.1, -0.05) is 48.5 Å². The Kier molecular flexibility index (Phi) is 5.19. The van der Waals surface area contributed by atoms with Crippen LogP contribution in [0, 0.1) is 0 Å². The van der Waals surface area contributed by atoms with Crippen LogP contribution in [-0.4, -0.2) is 15.1 Å². The summed E-state index contributed by atoms with van der Waals surface area (Å²) in [6.07, 6.45) is -1.13. The summed E-state index contributed by atoms with van der Waals surface area (Å²) in [7, 11) is 0. The van der Waals surface area contributed by atoms with Crippen LogP contribution in [0.25, 0.3) is 34.3 Å². The van der Waals surface area contributed by atoms with Crippen LogP contribution in [0.4, 0.5) is 13.2 Å². The summed E-state index contributed by atoms with van der Waals surface area (Å²) in [5.74, 6) is 0.542. The van der Waals surface area contributed by atoms with Crippen molar-refractivity contribution >= 4 is 23.2 Å². The Morgan fingerprint density at radius 2 is 1.68 bits per heavy atom. The van der Waals surface area contributed by atoms with E-state index in [0.29, 0.717) is 11.4 Å². The molecule has 158 valence electrons. The zero-order valence-corrected chi connectivity index (χ0v) is 17.0. The van der Waals surface area contributed by atoms with Gasteiger partial charge in [0.05, 0.1) is 22.2 Å². The highest BCUT2D eigenvalue weighted by molar-refractivity contribution is 5.84. The predicted octanol–water partition coefficient (Wildman–Crippen LogP) is 6.65. The Morgan fingerprint density at radius 1 is 0.903 bits per heavy atom. The van der Waals surface area contributed by atoms with Crippen LogP contribution >= 0.6 is 0 Å². The molecule has 0 spiro atoms. The zero-order chi connectivity index (χ0) is 22.2. The fourth-order valence-corrected chi connectivity index (χ4v) is 3.54. The van der Waals surface area contributed by atoms with E-state index < -0.39 is 17.3 Å². The van der Waals surface area contributed by atoms with E-state index in [0.717, 1.165) is 39.9 Å². The number of benzene rings is 3. The molecule has 0 bridgehead atoms. The molecule has 1 heterocycles. The summed E-state index contributed by atoms with van der Waals surface area (Å²) in [5.41, 5.74) is 2.98. The number of imidazole rings is 1. The molecule has 0 saturated heterocycles. The van der Waals surface area contributed by atoms with Gasteiger partial charge in [0.2, 0.25) is 0 Å². The molecule has 2 N–H and O–H groups in total. The maximum absolute atomic E-state index is 12.9. The molecule has 6 heteroatoms. The first-order chi connectivity index (χ1) is 14.6. The van der Waals surface area contributed by atoms with Crippen molar-refractivity contribution in [2.45, 2.75) is 25.6 Å². The quantitative estimate of drug-likeness (QED) is 0.387. The van der Waals surface area contributed by atoms with E-state index in [1.807, 2.05) is 42.5 Å². The van der Waals surface area contributed by atoms with Crippen molar-refractivity contribution in [3.05, 3.63) is 89.2 Å². The van der Waals surface area contributed by atoms with Crippen LogP contribution < -0.4 is 0 Å². The number of aromatic nitrogens is 2. The largest absolute Gasteiger partial charge is 0.416 e. The van der Waals surface area contributed by atoms with Gasteiger partial charge in [-0.2, -0.15) is 13.2 Å². The molecular weight excluding hydrogens is 401 g/mol. The first-order valence-electron chi connectivity index (χ1n) is 9.79. The van der Waals surface area contributed by atoms with E-state index in [-0.39, 0.29) is 0 Å². The number of nitrogens with one attached hydrogen (secondary N) is 1. The third-order valence-electron chi connectivity index (χ3n) is 5.04. The molecule has 0 fully saturated rings. The number of halogens is 3. The summed E-state index contributed by atoms with van der Waals surface area (Å²) < 4.78 is 38.7. The average molecular weight is 422 g/mol. The molecule has 0 radical (unpaired) electrons. The van der Waals surface area contributed by atoms with Crippen molar-refractivity contribution in [1.82, 2.24) is 9.97 Å². The van der Waals surface area contributed by atoms with Crippen molar-refractivity contribution in [1.29, 1.82) is 0 Å². The van der Waals surface area contributed by atoms with Gasteiger partial charge in [0.25, 0.3) is 0 Å². The van der Waals surface area contributed by atoms with Crippen molar-refractivity contribution in [3.63, 3.8) is 0 Å². The second-order valence-corrected chi connectivity index (χ2v) is 7.92. The van der Waals surface area contributed by atoms with Gasteiger partial charge in [0.1, 0.15) is 5.82 Å². The third kappa shape index (κ3) is 4.54. The summed E-state index contributed by atoms with van der Waals surface area (Å²) in [6, 6.07) is 18.6. The number of nitrogens with zero attached hydrogens (tertiary/aromatic N) is 1. The molecule has 3 aromatic carbocycles. The van der Waals surface area contributed by atoms with Gasteiger partial charge in [-0.15, -0.1) is 0 Å². The molecule has 0 atom stereocenters.